The summed E-state index contributed by atoms with van der Waals surface area (Å²) in [6.07, 6.45) is 5.20. The normalized spacial score (nSPS) is 48.7. The maximum absolute atomic E-state index is 11.9. The van der Waals surface area contributed by atoms with Crippen molar-refractivity contribution in [3.63, 3.8) is 0 Å². The van der Waals surface area contributed by atoms with Crippen LogP contribution < -0.4 is 0 Å². The number of Topliss-reactive ketones (excluding diaryl/α,β-unsaturated/α-hetero) is 1. The molecule has 2 bridgehead atoms. The minimum atomic E-state index is -0.663. The van der Waals surface area contributed by atoms with Gasteiger partial charge in [0.15, 0.2) is 5.78 Å². The Morgan fingerprint density at radius 3 is 1.93 bits per heavy atom. The monoisotopic (exact) mass is 248 g/mol. The summed E-state index contributed by atoms with van der Waals surface area (Å²) in [6, 6.07) is 0. The second-order valence-electron chi connectivity index (χ2n) is 4.18. The molecule has 2 aliphatic heterocycles. The predicted octanol–water partition coefficient (Wildman–Crippen LogP) is 2.67. The van der Waals surface area contributed by atoms with Gasteiger partial charge >= 0.3 is 0 Å². The van der Waals surface area contributed by atoms with Crippen LogP contribution >= 0.6 is 23.2 Å². The molecule has 4 heteroatoms. The molecule has 0 saturated carbocycles. The van der Waals surface area contributed by atoms with Gasteiger partial charge in [-0.3, -0.25) is 4.79 Å². The number of hydrogen-bond donors (Lipinski definition) is 0. The lowest BCUT2D eigenvalue weighted by Crippen LogP contribution is -2.59. The summed E-state index contributed by atoms with van der Waals surface area (Å²) in [5.41, 5.74) is -1.28. The standard InChI is InChI=1S/C11H14Cl2O2/c1-3-10-5-6-11(4-2,15-10)9(13)7(14)8(10)12/h5-6,8-9H,3-4H2,1-2H3. The zero-order chi connectivity index (χ0) is 11.3. The number of rotatable bonds is 2. The smallest absolute Gasteiger partial charge is 0.175 e. The van der Waals surface area contributed by atoms with Crippen LogP contribution in [-0.4, -0.2) is 27.7 Å². The van der Waals surface area contributed by atoms with E-state index in [4.69, 9.17) is 27.9 Å². The van der Waals surface area contributed by atoms with Crippen molar-refractivity contribution in [1.29, 1.82) is 0 Å². The zero-order valence-corrected chi connectivity index (χ0v) is 10.3. The summed E-state index contributed by atoms with van der Waals surface area (Å²) in [5, 5.41) is -1.33. The summed E-state index contributed by atoms with van der Waals surface area (Å²) in [4.78, 5) is 11.9. The first-order chi connectivity index (χ1) is 7.01. The summed E-state index contributed by atoms with van der Waals surface area (Å²) in [5.74, 6) is -0.113. The van der Waals surface area contributed by atoms with E-state index in [0.717, 1.165) is 0 Å². The molecule has 1 saturated heterocycles. The van der Waals surface area contributed by atoms with E-state index in [2.05, 4.69) is 0 Å². The third-order valence-corrected chi connectivity index (χ3v) is 4.66. The second-order valence-corrected chi connectivity index (χ2v) is 5.05. The Morgan fingerprint density at radius 2 is 1.60 bits per heavy atom. The quantitative estimate of drug-likeness (QED) is 0.555. The first-order valence-electron chi connectivity index (χ1n) is 5.24. The molecule has 2 rings (SSSR count). The highest BCUT2D eigenvalue weighted by Gasteiger charge is 2.60. The van der Waals surface area contributed by atoms with Crippen LogP contribution in [0.25, 0.3) is 0 Å². The van der Waals surface area contributed by atoms with E-state index in [1.54, 1.807) is 0 Å². The van der Waals surface area contributed by atoms with Crippen molar-refractivity contribution in [2.45, 2.75) is 48.6 Å². The molecule has 4 atom stereocenters. The van der Waals surface area contributed by atoms with E-state index in [0.29, 0.717) is 12.8 Å². The minimum Gasteiger partial charge on any atom is -0.356 e. The van der Waals surface area contributed by atoms with Crippen LogP contribution in [0.3, 0.4) is 0 Å². The van der Waals surface area contributed by atoms with Crippen LogP contribution in [0.15, 0.2) is 12.2 Å². The first kappa shape index (κ1) is 11.4. The van der Waals surface area contributed by atoms with Gasteiger partial charge in [0.1, 0.15) is 22.0 Å². The van der Waals surface area contributed by atoms with Crippen LogP contribution in [0.4, 0.5) is 0 Å². The summed E-state index contributed by atoms with van der Waals surface area (Å²) < 4.78 is 5.97. The molecule has 0 N–H and O–H groups in total. The predicted molar refractivity (Wildman–Crippen MR) is 60.6 cm³/mol. The molecule has 2 aliphatic rings. The summed E-state index contributed by atoms with van der Waals surface area (Å²) in [6.45, 7) is 3.93. The van der Waals surface area contributed by atoms with E-state index >= 15 is 0 Å². The number of hydrogen-bond acceptors (Lipinski definition) is 2. The number of ketones is 1. The maximum atomic E-state index is 11.9. The fourth-order valence-corrected chi connectivity index (χ4v) is 3.18. The van der Waals surface area contributed by atoms with Gasteiger partial charge in [0.25, 0.3) is 0 Å². The Labute approximate surface area is 99.6 Å². The van der Waals surface area contributed by atoms with Crippen molar-refractivity contribution in [3.8, 4) is 0 Å². The highest BCUT2D eigenvalue weighted by Crippen LogP contribution is 2.48. The van der Waals surface area contributed by atoms with Gasteiger partial charge in [0.2, 0.25) is 0 Å². The Balaban J connectivity index is 2.45. The van der Waals surface area contributed by atoms with E-state index in [1.165, 1.54) is 0 Å². The van der Waals surface area contributed by atoms with Crippen LogP contribution in [0.5, 0.6) is 0 Å². The number of fused-ring (bicyclic) bond motifs is 2. The molecule has 0 amide bonds. The van der Waals surface area contributed by atoms with E-state index in [1.807, 2.05) is 26.0 Å². The molecule has 1 fully saturated rings. The molecule has 84 valence electrons. The second kappa shape index (κ2) is 3.47. The molecule has 0 spiro atoms. The lowest BCUT2D eigenvalue weighted by molar-refractivity contribution is -0.152. The SMILES string of the molecule is CCC12C=CC(CC)(O1)C(Cl)C(=O)C2Cl. The minimum absolute atomic E-state index is 0.113. The Kier molecular flexibility index (Phi) is 2.65. The van der Waals surface area contributed by atoms with E-state index in [-0.39, 0.29) is 5.78 Å². The largest absolute Gasteiger partial charge is 0.356 e. The fourth-order valence-electron chi connectivity index (χ4n) is 2.32. The van der Waals surface area contributed by atoms with Gasteiger partial charge in [-0.25, -0.2) is 0 Å². The molecule has 4 unspecified atom stereocenters. The van der Waals surface area contributed by atoms with Crippen LogP contribution in [-0.2, 0) is 9.53 Å². The van der Waals surface area contributed by atoms with E-state index in [9.17, 15) is 4.79 Å². The lowest BCUT2D eigenvalue weighted by Gasteiger charge is -2.44. The van der Waals surface area contributed by atoms with Gasteiger partial charge in [-0.2, -0.15) is 0 Å². The Bertz CT molecular complexity index is 301. The number of carbonyl (C=O) groups excluding carboxylic acids is 1. The number of ether oxygens (including phenoxy) is 1. The molecule has 0 aromatic carbocycles. The van der Waals surface area contributed by atoms with Gasteiger partial charge in [0, 0.05) is 0 Å². The van der Waals surface area contributed by atoms with Gasteiger partial charge < -0.3 is 4.74 Å². The molecule has 0 aromatic heterocycles. The highest BCUT2D eigenvalue weighted by atomic mass is 35.5. The number of halogens is 2. The van der Waals surface area contributed by atoms with Crippen molar-refractivity contribution in [2.75, 3.05) is 0 Å². The topological polar surface area (TPSA) is 26.3 Å². The lowest BCUT2D eigenvalue weighted by atomic mass is 9.86. The number of alkyl halides is 2. The molecule has 2 nitrogen and oxygen atoms in total. The number of carbonyl (C=O) groups is 1. The average Bonchev–Trinajstić information content (AvgIpc) is 2.64. The summed E-state index contributed by atoms with van der Waals surface area (Å²) in [7, 11) is 0. The molecule has 2 heterocycles. The van der Waals surface area contributed by atoms with E-state index < -0.39 is 22.0 Å². The molecular weight excluding hydrogens is 235 g/mol. The Morgan fingerprint density at radius 1 is 1.20 bits per heavy atom. The van der Waals surface area contributed by atoms with Crippen molar-refractivity contribution in [2.24, 2.45) is 0 Å². The van der Waals surface area contributed by atoms with Gasteiger partial charge in [0.05, 0.1) is 0 Å². The van der Waals surface area contributed by atoms with Gasteiger partial charge in [-0.15, -0.1) is 23.2 Å². The molecular formula is C11H14Cl2O2. The van der Waals surface area contributed by atoms with Gasteiger partial charge in [-0.1, -0.05) is 26.0 Å². The van der Waals surface area contributed by atoms with Crippen molar-refractivity contribution in [1.82, 2.24) is 0 Å². The van der Waals surface area contributed by atoms with Crippen molar-refractivity contribution < 1.29 is 9.53 Å². The highest BCUT2D eigenvalue weighted by molar-refractivity contribution is 6.42. The van der Waals surface area contributed by atoms with Crippen molar-refractivity contribution >= 4 is 29.0 Å². The average molecular weight is 249 g/mol. The molecule has 0 aliphatic carbocycles. The maximum Gasteiger partial charge on any atom is 0.175 e. The molecule has 0 radical (unpaired) electrons. The third-order valence-electron chi connectivity index (χ3n) is 3.49. The molecule has 15 heavy (non-hydrogen) atoms. The first-order valence-corrected chi connectivity index (χ1v) is 6.11. The van der Waals surface area contributed by atoms with Gasteiger partial charge in [-0.05, 0) is 12.8 Å². The third kappa shape index (κ3) is 1.31. The van der Waals surface area contributed by atoms with Crippen molar-refractivity contribution in [3.05, 3.63) is 12.2 Å². The summed E-state index contributed by atoms with van der Waals surface area (Å²) >= 11 is 12.2. The fraction of sp³-hybridized carbons (Fsp3) is 0.727. The van der Waals surface area contributed by atoms with Crippen LogP contribution in [0.1, 0.15) is 26.7 Å². The van der Waals surface area contributed by atoms with Crippen LogP contribution in [0, 0.1) is 0 Å². The van der Waals surface area contributed by atoms with Crippen LogP contribution in [0.2, 0.25) is 0 Å². The zero-order valence-electron chi connectivity index (χ0n) is 8.80. The molecule has 0 aromatic rings. The Hall–Kier alpha value is -0.0500.